The summed E-state index contributed by atoms with van der Waals surface area (Å²) in [7, 11) is 0. The zero-order chi connectivity index (χ0) is 24.2. The molecule has 1 rings (SSSR count). The van der Waals surface area contributed by atoms with Gasteiger partial charge in [-0.2, -0.15) is 0 Å². The van der Waals surface area contributed by atoms with Crippen LogP contribution >= 0.6 is 0 Å². The van der Waals surface area contributed by atoms with Crippen LogP contribution in [0.1, 0.15) is 135 Å². The Labute approximate surface area is 203 Å². The molecule has 4 heteroatoms. The maximum atomic E-state index is 12.5. The van der Waals surface area contributed by atoms with Gasteiger partial charge in [0.15, 0.2) is 0 Å². The fraction of sp³-hybridized carbons (Fsp3) is 0.724. The molecule has 0 aromatic heterocycles. The fourth-order valence-corrected chi connectivity index (χ4v) is 4.13. The van der Waals surface area contributed by atoms with E-state index < -0.39 is 0 Å². The van der Waals surface area contributed by atoms with E-state index in [0.717, 1.165) is 31.2 Å². The Balaban J connectivity index is 2.31. The van der Waals surface area contributed by atoms with Crippen LogP contribution in [0.3, 0.4) is 0 Å². The Morgan fingerprint density at radius 1 is 0.576 bits per heavy atom. The van der Waals surface area contributed by atoms with Crippen molar-refractivity contribution >= 4 is 23.2 Å². The minimum absolute atomic E-state index is 0.0309. The van der Waals surface area contributed by atoms with Gasteiger partial charge in [-0.3, -0.25) is 9.59 Å². The van der Waals surface area contributed by atoms with Crippen LogP contribution < -0.4 is 10.6 Å². The van der Waals surface area contributed by atoms with Crippen molar-refractivity contribution in [1.82, 2.24) is 0 Å². The van der Waals surface area contributed by atoms with Gasteiger partial charge < -0.3 is 10.6 Å². The number of unbranched alkanes of at least 4 members (excludes halogenated alkanes) is 14. The molecule has 33 heavy (non-hydrogen) atoms. The van der Waals surface area contributed by atoms with E-state index in [1.807, 2.05) is 25.1 Å². The molecule has 0 fully saturated rings. The topological polar surface area (TPSA) is 58.2 Å². The van der Waals surface area contributed by atoms with Gasteiger partial charge in [0, 0.05) is 12.8 Å². The number of rotatable bonds is 20. The van der Waals surface area contributed by atoms with E-state index in [4.69, 9.17) is 0 Å². The normalized spacial score (nSPS) is 10.9. The molecule has 1 aromatic carbocycles. The Hall–Kier alpha value is -1.84. The van der Waals surface area contributed by atoms with Gasteiger partial charge in [-0.1, -0.05) is 110 Å². The summed E-state index contributed by atoms with van der Waals surface area (Å²) in [6.07, 6.45) is 20.6. The first-order chi connectivity index (χ1) is 16.1. The Bertz CT molecular complexity index is 657. The highest BCUT2D eigenvalue weighted by atomic mass is 16.2. The van der Waals surface area contributed by atoms with Crippen molar-refractivity contribution in [3.05, 3.63) is 23.8 Å². The minimum atomic E-state index is 0.0309. The first-order valence-corrected chi connectivity index (χ1v) is 13.8. The molecule has 0 atom stereocenters. The van der Waals surface area contributed by atoms with E-state index in [-0.39, 0.29) is 11.8 Å². The lowest BCUT2D eigenvalue weighted by Gasteiger charge is -2.13. The van der Waals surface area contributed by atoms with Crippen LogP contribution in [0.5, 0.6) is 0 Å². The molecule has 0 spiro atoms. The zero-order valence-corrected chi connectivity index (χ0v) is 21.8. The molecule has 0 saturated heterocycles. The van der Waals surface area contributed by atoms with Crippen molar-refractivity contribution in [1.29, 1.82) is 0 Å². The lowest BCUT2D eigenvalue weighted by molar-refractivity contribution is -0.117. The highest BCUT2D eigenvalue weighted by Crippen LogP contribution is 2.24. The van der Waals surface area contributed by atoms with Gasteiger partial charge in [-0.15, -0.1) is 0 Å². The summed E-state index contributed by atoms with van der Waals surface area (Å²) in [6.45, 7) is 6.47. The van der Waals surface area contributed by atoms with Crippen LogP contribution in [0.15, 0.2) is 18.2 Å². The van der Waals surface area contributed by atoms with Crippen LogP contribution in [-0.4, -0.2) is 11.8 Å². The Morgan fingerprint density at radius 3 is 1.42 bits per heavy atom. The lowest BCUT2D eigenvalue weighted by Crippen LogP contribution is -2.16. The number of carbonyl (C=O) groups is 2. The molecule has 1 aromatic rings. The number of hydrogen-bond donors (Lipinski definition) is 2. The van der Waals surface area contributed by atoms with Crippen LogP contribution in [0.4, 0.5) is 11.4 Å². The standard InChI is InChI=1S/C29H50N2O2/c1-4-6-8-10-12-14-16-18-20-28(32)30-26-23-22-25(3)24-27(26)31-29(33)21-19-17-15-13-11-9-7-5-2/h22-24H,4-21H2,1-3H3,(H,30,32)(H,31,33). The summed E-state index contributed by atoms with van der Waals surface area (Å²) in [4.78, 5) is 24.9. The molecule has 0 bridgehead atoms. The van der Waals surface area contributed by atoms with Crippen LogP contribution in [-0.2, 0) is 9.59 Å². The van der Waals surface area contributed by atoms with Gasteiger partial charge in [0.2, 0.25) is 11.8 Å². The summed E-state index contributed by atoms with van der Waals surface area (Å²) in [6, 6.07) is 5.81. The molecule has 0 aliphatic heterocycles. The summed E-state index contributed by atoms with van der Waals surface area (Å²) in [5.41, 5.74) is 2.48. The van der Waals surface area contributed by atoms with Crippen molar-refractivity contribution in [2.45, 2.75) is 136 Å². The van der Waals surface area contributed by atoms with Crippen molar-refractivity contribution < 1.29 is 9.59 Å². The predicted molar refractivity (Wildman–Crippen MR) is 143 cm³/mol. The van der Waals surface area contributed by atoms with Crippen LogP contribution in [0.25, 0.3) is 0 Å². The molecule has 0 heterocycles. The second kappa shape index (κ2) is 19.6. The van der Waals surface area contributed by atoms with E-state index in [0.29, 0.717) is 24.2 Å². The molecule has 2 amide bonds. The monoisotopic (exact) mass is 458 g/mol. The van der Waals surface area contributed by atoms with E-state index in [9.17, 15) is 9.59 Å². The van der Waals surface area contributed by atoms with E-state index in [1.54, 1.807) is 0 Å². The van der Waals surface area contributed by atoms with Crippen molar-refractivity contribution in [2.75, 3.05) is 10.6 Å². The maximum Gasteiger partial charge on any atom is 0.224 e. The molecule has 0 unspecified atom stereocenters. The number of carbonyl (C=O) groups excluding carboxylic acids is 2. The summed E-state index contributed by atoms with van der Waals surface area (Å²) in [5.74, 6) is 0.0635. The average molecular weight is 459 g/mol. The molecule has 188 valence electrons. The third kappa shape index (κ3) is 15.6. The average Bonchev–Trinajstić information content (AvgIpc) is 2.79. The quantitative estimate of drug-likeness (QED) is 0.192. The van der Waals surface area contributed by atoms with Gasteiger partial charge in [0.1, 0.15) is 0 Å². The Morgan fingerprint density at radius 2 is 0.970 bits per heavy atom. The number of benzene rings is 1. The molecule has 0 saturated carbocycles. The second-order valence-corrected chi connectivity index (χ2v) is 9.60. The number of amides is 2. The number of nitrogens with one attached hydrogen (secondary N) is 2. The SMILES string of the molecule is CCCCCCCCCCC(=O)Nc1ccc(C)cc1NC(=O)CCCCCCCCCC. The minimum Gasteiger partial charge on any atom is -0.324 e. The van der Waals surface area contributed by atoms with Gasteiger partial charge in [-0.25, -0.2) is 0 Å². The highest BCUT2D eigenvalue weighted by Gasteiger charge is 2.10. The second-order valence-electron chi connectivity index (χ2n) is 9.60. The molecule has 0 radical (unpaired) electrons. The fourth-order valence-electron chi connectivity index (χ4n) is 4.13. The first-order valence-electron chi connectivity index (χ1n) is 13.8. The molecule has 0 aliphatic rings. The van der Waals surface area contributed by atoms with Gasteiger partial charge in [0.05, 0.1) is 11.4 Å². The number of anilines is 2. The largest absolute Gasteiger partial charge is 0.324 e. The van der Waals surface area contributed by atoms with Crippen LogP contribution in [0, 0.1) is 6.92 Å². The zero-order valence-electron chi connectivity index (χ0n) is 21.8. The van der Waals surface area contributed by atoms with Crippen molar-refractivity contribution in [3.63, 3.8) is 0 Å². The Kier molecular flexibility index (Phi) is 17.4. The van der Waals surface area contributed by atoms with Gasteiger partial charge in [-0.05, 0) is 37.5 Å². The molecule has 0 aliphatic carbocycles. The van der Waals surface area contributed by atoms with E-state index in [2.05, 4.69) is 24.5 Å². The first kappa shape index (κ1) is 29.2. The van der Waals surface area contributed by atoms with Crippen molar-refractivity contribution in [2.24, 2.45) is 0 Å². The highest BCUT2D eigenvalue weighted by molar-refractivity contribution is 5.99. The lowest BCUT2D eigenvalue weighted by atomic mass is 10.1. The number of aryl methyl sites for hydroxylation is 1. The maximum absolute atomic E-state index is 12.5. The summed E-state index contributed by atoms with van der Waals surface area (Å²) < 4.78 is 0. The summed E-state index contributed by atoms with van der Waals surface area (Å²) >= 11 is 0. The molecular formula is C29H50N2O2. The predicted octanol–water partition coefficient (Wildman–Crippen LogP) is 8.93. The third-order valence-electron chi connectivity index (χ3n) is 6.24. The third-order valence-corrected chi connectivity index (χ3v) is 6.24. The van der Waals surface area contributed by atoms with Crippen LogP contribution in [0.2, 0.25) is 0 Å². The number of hydrogen-bond acceptors (Lipinski definition) is 2. The van der Waals surface area contributed by atoms with Crippen molar-refractivity contribution in [3.8, 4) is 0 Å². The van der Waals surface area contributed by atoms with E-state index in [1.165, 1.54) is 77.0 Å². The molecular weight excluding hydrogens is 408 g/mol. The molecule has 2 N–H and O–H groups in total. The van der Waals surface area contributed by atoms with Gasteiger partial charge in [0.25, 0.3) is 0 Å². The molecule has 4 nitrogen and oxygen atoms in total. The smallest absolute Gasteiger partial charge is 0.224 e. The van der Waals surface area contributed by atoms with E-state index >= 15 is 0 Å². The summed E-state index contributed by atoms with van der Waals surface area (Å²) in [5, 5.41) is 6.03. The van der Waals surface area contributed by atoms with Gasteiger partial charge >= 0.3 is 0 Å².